The van der Waals surface area contributed by atoms with Crippen LogP contribution in [0.15, 0.2) is 34.8 Å². The monoisotopic (exact) mass is 269 g/mol. The van der Waals surface area contributed by atoms with Gasteiger partial charge in [0.1, 0.15) is 5.82 Å². The zero-order chi connectivity index (χ0) is 10.7. The molecule has 0 bridgehead atoms. The van der Waals surface area contributed by atoms with Crippen LogP contribution < -0.4 is 5.32 Å². The van der Waals surface area contributed by atoms with Gasteiger partial charge < -0.3 is 5.32 Å². The van der Waals surface area contributed by atoms with Crippen molar-refractivity contribution < 1.29 is 4.39 Å². The third-order valence-corrected chi connectivity index (χ3v) is 3.09. The summed E-state index contributed by atoms with van der Waals surface area (Å²) in [5.41, 5.74) is 0.719. The van der Waals surface area contributed by atoms with Gasteiger partial charge in [-0.3, -0.25) is 0 Å². The Morgan fingerprint density at radius 2 is 2.07 bits per heavy atom. The predicted molar refractivity (Wildman–Crippen MR) is 63.1 cm³/mol. The van der Waals surface area contributed by atoms with Crippen molar-refractivity contribution in [1.29, 1.82) is 0 Å². The van der Waals surface area contributed by atoms with E-state index in [-0.39, 0.29) is 5.82 Å². The summed E-state index contributed by atoms with van der Waals surface area (Å²) in [6.45, 7) is 0.595. The van der Waals surface area contributed by atoms with E-state index in [4.69, 9.17) is 0 Å². The normalized spacial score (nSPS) is 16.1. The Balaban J connectivity index is 1.95. The molecule has 15 heavy (non-hydrogen) atoms. The van der Waals surface area contributed by atoms with Gasteiger partial charge in [-0.2, -0.15) is 0 Å². The largest absolute Gasteiger partial charge is 0.309 e. The highest BCUT2D eigenvalue weighted by Crippen LogP contribution is 2.16. The lowest BCUT2D eigenvalue weighted by Gasteiger charge is -2.12. The van der Waals surface area contributed by atoms with Crippen LogP contribution in [0.25, 0.3) is 0 Å². The topological polar surface area (TPSA) is 12.0 Å². The lowest BCUT2D eigenvalue weighted by atomic mass is 10.2. The quantitative estimate of drug-likeness (QED) is 0.830. The molecule has 0 radical (unpaired) electrons. The van der Waals surface area contributed by atoms with Gasteiger partial charge in [0.15, 0.2) is 0 Å². The average Bonchev–Trinajstić information content (AvgIpc) is 2.72. The van der Waals surface area contributed by atoms with Crippen molar-refractivity contribution in [3.05, 3.63) is 46.2 Å². The molecule has 1 aromatic carbocycles. The molecule has 0 unspecified atom stereocenters. The van der Waals surface area contributed by atoms with Gasteiger partial charge in [0.25, 0.3) is 0 Å². The smallest absolute Gasteiger partial charge is 0.127 e. The molecule has 1 aliphatic carbocycles. The van der Waals surface area contributed by atoms with E-state index >= 15 is 0 Å². The highest BCUT2D eigenvalue weighted by atomic mass is 79.9. The van der Waals surface area contributed by atoms with E-state index in [9.17, 15) is 4.39 Å². The standard InChI is InChI=1S/C12H13BrFN/c13-10-5-6-12(14)9(7-10)8-15-11-3-1-2-4-11/h1-2,5-7,11,15H,3-4,8H2. The van der Waals surface area contributed by atoms with Gasteiger partial charge in [-0.25, -0.2) is 4.39 Å². The summed E-state index contributed by atoms with van der Waals surface area (Å²) in [4.78, 5) is 0. The van der Waals surface area contributed by atoms with Crippen LogP contribution in [0.4, 0.5) is 4.39 Å². The fourth-order valence-electron chi connectivity index (χ4n) is 1.72. The van der Waals surface area contributed by atoms with Crippen molar-refractivity contribution in [1.82, 2.24) is 5.32 Å². The molecule has 0 heterocycles. The van der Waals surface area contributed by atoms with Crippen LogP contribution in [0.5, 0.6) is 0 Å². The summed E-state index contributed by atoms with van der Waals surface area (Å²) >= 11 is 3.34. The van der Waals surface area contributed by atoms with E-state index in [1.807, 2.05) is 6.07 Å². The molecule has 0 atom stereocenters. The summed E-state index contributed by atoms with van der Waals surface area (Å²) in [5, 5.41) is 3.34. The molecule has 0 saturated carbocycles. The van der Waals surface area contributed by atoms with Crippen LogP contribution in [0.2, 0.25) is 0 Å². The van der Waals surface area contributed by atoms with Crippen molar-refractivity contribution in [3.63, 3.8) is 0 Å². The number of hydrogen-bond donors (Lipinski definition) is 1. The molecular formula is C12H13BrFN. The van der Waals surface area contributed by atoms with Gasteiger partial charge in [0, 0.05) is 22.6 Å². The molecule has 2 rings (SSSR count). The fraction of sp³-hybridized carbons (Fsp3) is 0.333. The fourth-order valence-corrected chi connectivity index (χ4v) is 2.13. The maximum Gasteiger partial charge on any atom is 0.127 e. The van der Waals surface area contributed by atoms with E-state index in [1.165, 1.54) is 6.07 Å². The molecule has 0 aliphatic heterocycles. The minimum Gasteiger partial charge on any atom is -0.309 e. The van der Waals surface area contributed by atoms with E-state index in [0.717, 1.165) is 22.9 Å². The first-order valence-electron chi connectivity index (χ1n) is 5.08. The third-order valence-electron chi connectivity index (χ3n) is 2.60. The number of halogens is 2. The van der Waals surface area contributed by atoms with Crippen LogP contribution in [0, 0.1) is 5.82 Å². The maximum absolute atomic E-state index is 13.4. The molecule has 0 amide bonds. The van der Waals surface area contributed by atoms with Crippen LogP contribution in [0.3, 0.4) is 0 Å². The average molecular weight is 270 g/mol. The molecule has 1 aromatic rings. The summed E-state index contributed by atoms with van der Waals surface area (Å²) in [5.74, 6) is -0.142. The highest BCUT2D eigenvalue weighted by molar-refractivity contribution is 9.10. The number of rotatable bonds is 3. The molecule has 0 saturated heterocycles. The van der Waals surface area contributed by atoms with Gasteiger partial charge in [0.2, 0.25) is 0 Å². The Labute approximate surface area is 97.5 Å². The first kappa shape index (κ1) is 10.8. The van der Waals surface area contributed by atoms with E-state index in [1.54, 1.807) is 6.07 Å². The van der Waals surface area contributed by atoms with Crippen molar-refractivity contribution in [3.8, 4) is 0 Å². The lowest BCUT2D eigenvalue weighted by Crippen LogP contribution is -2.26. The molecule has 1 nitrogen and oxygen atoms in total. The van der Waals surface area contributed by atoms with Crippen molar-refractivity contribution in [2.24, 2.45) is 0 Å². The van der Waals surface area contributed by atoms with E-state index in [2.05, 4.69) is 33.4 Å². The van der Waals surface area contributed by atoms with Gasteiger partial charge in [-0.15, -0.1) is 0 Å². The van der Waals surface area contributed by atoms with Gasteiger partial charge in [-0.1, -0.05) is 28.1 Å². The van der Waals surface area contributed by atoms with Crippen LogP contribution >= 0.6 is 15.9 Å². The van der Waals surface area contributed by atoms with Crippen molar-refractivity contribution >= 4 is 15.9 Å². The summed E-state index contributed by atoms with van der Waals surface area (Å²) in [6, 6.07) is 5.51. The Morgan fingerprint density at radius 1 is 1.33 bits per heavy atom. The summed E-state index contributed by atoms with van der Waals surface area (Å²) in [6.07, 6.45) is 6.43. The minimum atomic E-state index is -0.142. The van der Waals surface area contributed by atoms with Crippen molar-refractivity contribution in [2.45, 2.75) is 25.4 Å². The highest BCUT2D eigenvalue weighted by Gasteiger charge is 2.10. The second-order valence-corrected chi connectivity index (χ2v) is 4.67. The Bertz CT molecular complexity index is 368. The third kappa shape index (κ3) is 2.89. The Morgan fingerprint density at radius 3 is 2.80 bits per heavy atom. The maximum atomic E-state index is 13.4. The second-order valence-electron chi connectivity index (χ2n) is 3.76. The SMILES string of the molecule is Fc1ccc(Br)cc1CNC1CC=CC1. The van der Waals surface area contributed by atoms with Crippen molar-refractivity contribution in [2.75, 3.05) is 0 Å². The first-order valence-corrected chi connectivity index (χ1v) is 5.87. The molecule has 3 heteroatoms. The predicted octanol–water partition coefficient (Wildman–Crippen LogP) is 3.40. The van der Waals surface area contributed by atoms with Crippen LogP contribution in [-0.4, -0.2) is 6.04 Å². The molecule has 80 valence electrons. The minimum absolute atomic E-state index is 0.142. The Kier molecular flexibility index (Phi) is 3.54. The van der Waals surface area contributed by atoms with Crippen LogP contribution in [0.1, 0.15) is 18.4 Å². The van der Waals surface area contributed by atoms with E-state index < -0.39 is 0 Å². The van der Waals surface area contributed by atoms with Crippen LogP contribution in [-0.2, 0) is 6.54 Å². The molecule has 0 fully saturated rings. The molecular weight excluding hydrogens is 257 g/mol. The van der Waals surface area contributed by atoms with Gasteiger partial charge >= 0.3 is 0 Å². The molecule has 0 aromatic heterocycles. The number of nitrogens with one attached hydrogen (secondary N) is 1. The summed E-state index contributed by atoms with van der Waals surface area (Å²) in [7, 11) is 0. The summed E-state index contributed by atoms with van der Waals surface area (Å²) < 4.78 is 14.3. The first-order chi connectivity index (χ1) is 7.25. The zero-order valence-corrected chi connectivity index (χ0v) is 9.93. The molecule has 0 spiro atoms. The lowest BCUT2D eigenvalue weighted by molar-refractivity contribution is 0.520. The Hall–Kier alpha value is -0.670. The number of hydrogen-bond acceptors (Lipinski definition) is 1. The second kappa shape index (κ2) is 4.90. The zero-order valence-electron chi connectivity index (χ0n) is 8.34. The van der Waals surface area contributed by atoms with Gasteiger partial charge in [0.05, 0.1) is 0 Å². The molecule has 1 aliphatic rings. The molecule has 1 N–H and O–H groups in total. The number of benzene rings is 1. The van der Waals surface area contributed by atoms with Gasteiger partial charge in [-0.05, 0) is 31.0 Å². The van der Waals surface area contributed by atoms with E-state index in [0.29, 0.717) is 12.6 Å².